The lowest BCUT2D eigenvalue weighted by Gasteiger charge is -2.21. The van der Waals surface area contributed by atoms with Gasteiger partial charge < -0.3 is 14.6 Å². The van der Waals surface area contributed by atoms with Crippen LogP contribution in [0.15, 0.2) is 78.9 Å². The van der Waals surface area contributed by atoms with Crippen molar-refractivity contribution in [2.45, 2.75) is 13.2 Å². The minimum absolute atomic E-state index is 0.0312. The van der Waals surface area contributed by atoms with E-state index in [9.17, 15) is 18.3 Å². The van der Waals surface area contributed by atoms with Crippen molar-refractivity contribution in [3.05, 3.63) is 95.8 Å². The summed E-state index contributed by atoms with van der Waals surface area (Å²) in [5.74, 6) is -2.03. The Morgan fingerprint density at radius 2 is 1.44 bits per heavy atom. The number of nitrogens with one attached hydrogen (secondary N) is 1. The monoisotopic (exact) mass is 508 g/mol. The van der Waals surface area contributed by atoms with E-state index in [2.05, 4.69) is 0 Å². The van der Waals surface area contributed by atoms with Gasteiger partial charge in [-0.05, 0) is 34.7 Å². The molecule has 1 saturated heterocycles. The molecule has 4 aromatic rings. The number of aromatic hydroxyl groups is 1. The van der Waals surface area contributed by atoms with Crippen LogP contribution in [-0.4, -0.2) is 26.0 Å². The van der Waals surface area contributed by atoms with E-state index in [1.807, 2.05) is 65.4 Å². The smallest absolute Gasteiger partial charge is 0.326 e. The predicted molar refractivity (Wildman–Crippen MR) is 132 cm³/mol. The number of ether oxygens (including phenoxy) is 2. The minimum atomic E-state index is -4.32. The van der Waals surface area contributed by atoms with E-state index in [0.717, 1.165) is 17.2 Å². The number of phenolic OH excluding ortho intramolecular Hbond substituents is 1. The van der Waals surface area contributed by atoms with Gasteiger partial charge in [-0.15, -0.1) is 0 Å². The summed E-state index contributed by atoms with van der Waals surface area (Å²) in [7, 11) is -4.32. The van der Waals surface area contributed by atoms with Gasteiger partial charge in [-0.2, -0.15) is 8.42 Å². The molecular weight excluding hydrogens is 487 g/mol. The average molecular weight is 509 g/mol. The van der Waals surface area contributed by atoms with Crippen LogP contribution >= 0.6 is 0 Å². The summed E-state index contributed by atoms with van der Waals surface area (Å²) >= 11 is 0. The molecule has 0 aromatic heterocycles. The summed E-state index contributed by atoms with van der Waals surface area (Å²) in [5.41, 5.74) is 1.23. The Kier molecular flexibility index (Phi) is 6.11. The molecule has 1 aliphatic rings. The second kappa shape index (κ2) is 9.38. The Morgan fingerprint density at radius 3 is 2.00 bits per heavy atom. The Balaban J connectivity index is 1.58. The highest BCUT2D eigenvalue weighted by Crippen LogP contribution is 2.42. The van der Waals surface area contributed by atoms with Gasteiger partial charge >= 0.3 is 10.2 Å². The fourth-order valence-corrected chi connectivity index (χ4v) is 5.07. The molecule has 0 aliphatic carbocycles. The van der Waals surface area contributed by atoms with Gasteiger partial charge in [-0.1, -0.05) is 60.7 Å². The van der Waals surface area contributed by atoms with Crippen LogP contribution in [0.4, 0.5) is 10.1 Å². The van der Waals surface area contributed by atoms with Crippen LogP contribution in [0.5, 0.6) is 17.2 Å². The summed E-state index contributed by atoms with van der Waals surface area (Å²) in [4.78, 5) is 11.8. The van der Waals surface area contributed by atoms with Crippen molar-refractivity contribution in [2.75, 3.05) is 10.8 Å². The van der Waals surface area contributed by atoms with Crippen molar-refractivity contribution in [3.8, 4) is 17.2 Å². The third-order valence-electron chi connectivity index (χ3n) is 5.64. The Hall–Kier alpha value is -4.31. The maximum atomic E-state index is 15.9. The number of carbonyl (C=O) groups is 1. The SMILES string of the molecule is O=C1CN(c2c(OCc3ccccc3)cc3cc(OCc4ccccc4)c(O)cc3c2F)S(=O)(=O)N1. The first-order valence-electron chi connectivity index (χ1n) is 11.0. The molecule has 1 fully saturated rings. The topological polar surface area (TPSA) is 105 Å². The zero-order valence-electron chi connectivity index (χ0n) is 18.8. The van der Waals surface area contributed by atoms with Crippen molar-refractivity contribution >= 4 is 32.6 Å². The summed E-state index contributed by atoms with van der Waals surface area (Å²) in [6.45, 7) is -0.391. The van der Waals surface area contributed by atoms with Crippen LogP contribution in [0.1, 0.15) is 11.1 Å². The molecule has 5 rings (SSSR count). The second-order valence-corrected chi connectivity index (χ2v) is 9.76. The number of anilines is 1. The van der Waals surface area contributed by atoms with Crippen molar-refractivity contribution in [1.82, 2.24) is 4.72 Å². The van der Waals surface area contributed by atoms with E-state index in [1.165, 1.54) is 12.1 Å². The van der Waals surface area contributed by atoms with Gasteiger partial charge in [0.25, 0.3) is 5.91 Å². The van der Waals surface area contributed by atoms with Gasteiger partial charge in [0.1, 0.15) is 31.2 Å². The number of rotatable bonds is 7. The van der Waals surface area contributed by atoms with Crippen LogP contribution < -0.4 is 18.5 Å². The molecule has 1 aliphatic heterocycles. The number of nitrogens with zero attached hydrogens (tertiary/aromatic N) is 1. The minimum Gasteiger partial charge on any atom is -0.504 e. The highest BCUT2D eigenvalue weighted by atomic mass is 32.2. The van der Waals surface area contributed by atoms with Crippen LogP contribution in [0.3, 0.4) is 0 Å². The number of amides is 1. The molecular formula is C26H21FN2O6S. The molecule has 4 aromatic carbocycles. The van der Waals surface area contributed by atoms with Gasteiger partial charge in [-0.3, -0.25) is 4.79 Å². The van der Waals surface area contributed by atoms with Gasteiger partial charge in [0, 0.05) is 5.39 Å². The molecule has 36 heavy (non-hydrogen) atoms. The Labute approximate surface area is 206 Å². The standard InChI is InChI=1S/C26H21FN2O6S/c27-25-20-13-21(30)22(34-15-17-7-3-1-4-8-17)11-19(20)12-23(35-16-18-9-5-2-6-10-18)26(25)29-14-24(31)28-36(29,32)33/h1-13,30H,14-16H2,(H,28,31). The highest BCUT2D eigenvalue weighted by Gasteiger charge is 2.38. The third-order valence-corrected chi connectivity index (χ3v) is 7.02. The lowest BCUT2D eigenvalue weighted by molar-refractivity contribution is -0.117. The first-order chi connectivity index (χ1) is 17.3. The van der Waals surface area contributed by atoms with E-state index < -0.39 is 34.2 Å². The van der Waals surface area contributed by atoms with Gasteiger partial charge in [0.05, 0.1) is 0 Å². The molecule has 0 unspecified atom stereocenters. The maximum Gasteiger partial charge on any atom is 0.326 e. The molecule has 0 radical (unpaired) electrons. The summed E-state index contributed by atoms with van der Waals surface area (Å²) in [6, 6.07) is 22.5. The molecule has 0 atom stereocenters. The Morgan fingerprint density at radius 1 is 0.889 bits per heavy atom. The van der Waals surface area contributed by atoms with E-state index >= 15 is 4.39 Å². The summed E-state index contributed by atoms with van der Waals surface area (Å²) in [5, 5.41) is 10.8. The first-order valence-corrected chi connectivity index (χ1v) is 12.4. The van der Waals surface area contributed by atoms with Crippen LogP contribution in [-0.2, 0) is 28.2 Å². The molecule has 1 amide bonds. The second-order valence-electron chi connectivity index (χ2n) is 8.16. The number of hydrogen-bond acceptors (Lipinski definition) is 6. The number of benzene rings is 4. The molecule has 10 heteroatoms. The number of halogens is 1. The maximum absolute atomic E-state index is 15.9. The first kappa shape index (κ1) is 23.4. The van der Waals surface area contributed by atoms with Crippen molar-refractivity contribution in [1.29, 1.82) is 0 Å². The third kappa shape index (κ3) is 4.63. The zero-order chi connectivity index (χ0) is 25.3. The predicted octanol–water partition coefficient (Wildman–Crippen LogP) is 4.02. The number of hydrogen-bond donors (Lipinski definition) is 2. The van der Waals surface area contributed by atoms with E-state index in [-0.39, 0.29) is 35.8 Å². The van der Waals surface area contributed by atoms with Gasteiger partial charge in [0.2, 0.25) is 0 Å². The van der Waals surface area contributed by atoms with Crippen LogP contribution in [0, 0.1) is 5.82 Å². The van der Waals surface area contributed by atoms with Gasteiger partial charge in [0.15, 0.2) is 17.3 Å². The molecule has 0 saturated carbocycles. The fraction of sp³-hybridized carbons (Fsp3) is 0.115. The van der Waals surface area contributed by atoms with Crippen LogP contribution in [0.25, 0.3) is 10.8 Å². The van der Waals surface area contributed by atoms with Crippen molar-refractivity contribution in [2.24, 2.45) is 0 Å². The highest BCUT2D eigenvalue weighted by molar-refractivity contribution is 7.92. The molecule has 1 heterocycles. The Bertz CT molecular complexity index is 1550. The summed E-state index contributed by atoms with van der Waals surface area (Å²) in [6.07, 6.45) is 0. The largest absolute Gasteiger partial charge is 0.504 e. The molecule has 0 bridgehead atoms. The number of fused-ring (bicyclic) bond motifs is 1. The zero-order valence-corrected chi connectivity index (χ0v) is 19.7. The number of carbonyl (C=O) groups excluding carboxylic acids is 1. The van der Waals surface area contributed by atoms with Gasteiger partial charge in [-0.25, -0.2) is 13.4 Å². The molecule has 184 valence electrons. The lowest BCUT2D eigenvalue weighted by atomic mass is 10.1. The quantitative estimate of drug-likeness (QED) is 0.391. The van der Waals surface area contributed by atoms with Crippen molar-refractivity contribution < 1.29 is 32.2 Å². The fourth-order valence-electron chi connectivity index (χ4n) is 3.91. The normalized spacial score (nSPS) is 14.6. The lowest BCUT2D eigenvalue weighted by Crippen LogP contribution is -2.30. The molecule has 2 N–H and O–H groups in total. The summed E-state index contributed by atoms with van der Waals surface area (Å²) < 4.78 is 55.0. The van der Waals surface area contributed by atoms with Crippen LogP contribution in [0.2, 0.25) is 0 Å². The molecule has 8 nitrogen and oxygen atoms in total. The van der Waals surface area contributed by atoms with E-state index in [1.54, 1.807) is 0 Å². The number of phenols is 1. The van der Waals surface area contributed by atoms with E-state index in [0.29, 0.717) is 9.69 Å². The average Bonchev–Trinajstić information content (AvgIpc) is 3.14. The molecule has 0 spiro atoms. The van der Waals surface area contributed by atoms with Crippen molar-refractivity contribution in [3.63, 3.8) is 0 Å². The van der Waals surface area contributed by atoms with E-state index in [4.69, 9.17) is 9.47 Å².